The van der Waals surface area contributed by atoms with Crippen molar-refractivity contribution in [3.63, 3.8) is 0 Å². The molecule has 0 aromatic heterocycles. The maximum atomic E-state index is 7.46. The molecule has 0 radical (unpaired) electrons. The fourth-order valence-electron chi connectivity index (χ4n) is 12.1. The van der Waals surface area contributed by atoms with E-state index in [0.717, 1.165) is 19.3 Å². The molecule has 266 valence electrons. The molecule has 0 bridgehead atoms. The molecule has 2 saturated heterocycles. The zero-order valence-corrected chi connectivity index (χ0v) is 30.3. The van der Waals surface area contributed by atoms with Crippen molar-refractivity contribution in [2.75, 3.05) is 4.90 Å². The average Bonchev–Trinajstić information content (AvgIpc) is 3.57. The quantitative estimate of drug-likeness (QED) is 0.297. The van der Waals surface area contributed by atoms with E-state index in [-0.39, 0.29) is 36.2 Å². The van der Waals surface area contributed by atoms with Crippen molar-refractivity contribution in [2.24, 2.45) is 47.3 Å². The Morgan fingerprint density at radius 2 is 1.49 bits per heavy atom. The van der Waals surface area contributed by atoms with Gasteiger partial charge >= 0.3 is 0 Å². The predicted molar refractivity (Wildman–Crippen MR) is 214 cm³/mol. The third-order valence-electron chi connectivity index (χ3n) is 14.2. The predicted octanol–water partition coefficient (Wildman–Crippen LogP) is 11.0. The van der Waals surface area contributed by atoms with Crippen LogP contribution in [0, 0.1) is 47.3 Å². The van der Waals surface area contributed by atoms with Gasteiger partial charge in [-0.1, -0.05) is 128 Å². The van der Waals surface area contributed by atoms with Crippen LogP contribution in [0.2, 0.25) is 0 Å². The molecule has 3 heterocycles. The molecule has 2 aromatic rings. The van der Waals surface area contributed by atoms with Crippen LogP contribution in [0.1, 0.15) is 43.6 Å². The number of para-hydroxylation sites is 2. The Kier molecular flexibility index (Phi) is 7.86. The lowest BCUT2D eigenvalue weighted by Gasteiger charge is -2.57. The van der Waals surface area contributed by atoms with Gasteiger partial charge in [-0.05, 0) is 103 Å². The second kappa shape index (κ2) is 13.1. The van der Waals surface area contributed by atoms with Crippen LogP contribution in [0.25, 0.3) is 0 Å². The molecule has 3 heteroatoms. The topological polar surface area (TPSA) is 21.7 Å². The van der Waals surface area contributed by atoms with E-state index in [0.29, 0.717) is 41.4 Å². The Morgan fingerprint density at radius 3 is 2.42 bits per heavy atom. The second-order valence-corrected chi connectivity index (χ2v) is 16.7. The van der Waals surface area contributed by atoms with E-state index in [4.69, 9.17) is 9.47 Å². The van der Waals surface area contributed by atoms with Crippen LogP contribution in [0.5, 0.6) is 0 Å². The van der Waals surface area contributed by atoms with Crippen LogP contribution in [0.3, 0.4) is 0 Å². The molecule has 13 unspecified atom stereocenters. The van der Waals surface area contributed by atoms with E-state index < -0.39 is 0 Å². The molecule has 2 fully saturated rings. The van der Waals surface area contributed by atoms with E-state index in [2.05, 4.69) is 163 Å². The summed E-state index contributed by atoms with van der Waals surface area (Å²) in [5.74, 6) is 4.83. The van der Waals surface area contributed by atoms with Gasteiger partial charge in [-0.15, -0.1) is 0 Å². The van der Waals surface area contributed by atoms with Gasteiger partial charge in [-0.3, -0.25) is 0 Å². The highest BCUT2D eigenvalue weighted by molar-refractivity contribution is 5.77. The molecule has 0 amide bonds. The van der Waals surface area contributed by atoms with Crippen LogP contribution in [0.4, 0.5) is 11.4 Å². The average molecular weight is 696 g/mol. The van der Waals surface area contributed by atoms with Crippen molar-refractivity contribution in [1.29, 1.82) is 0 Å². The molecule has 53 heavy (non-hydrogen) atoms. The number of benzene rings is 2. The number of nitrogens with zero attached hydrogens (tertiary/aromatic N) is 1. The Balaban J connectivity index is 1.05. The number of hydrogen-bond donors (Lipinski definition) is 0. The Bertz CT molecular complexity index is 2070. The van der Waals surface area contributed by atoms with Crippen molar-refractivity contribution in [1.82, 2.24) is 0 Å². The van der Waals surface area contributed by atoms with Gasteiger partial charge in [-0.25, -0.2) is 0 Å². The van der Waals surface area contributed by atoms with Crippen molar-refractivity contribution in [3.05, 3.63) is 180 Å². The van der Waals surface area contributed by atoms with Crippen LogP contribution >= 0.6 is 0 Å². The highest BCUT2D eigenvalue weighted by Crippen LogP contribution is 2.60. The summed E-state index contributed by atoms with van der Waals surface area (Å²) in [6.07, 6.45) is 46.8. The normalized spacial score (nSPS) is 39.7. The number of rotatable bonds is 4. The summed E-state index contributed by atoms with van der Waals surface area (Å²) in [6.45, 7) is 0. The molecule has 2 aromatic carbocycles. The first-order valence-electron chi connectivity index (χ1n) is 20.4. The smallest absolute Gasteiger partial charge is 0.123 e. The molecule has 13 atom stereocenters. The summed E-state index contributed by atoms with van der Waals surface area (Å²) in [6, 6.07) is 20.3. The first-order chi connectivity index (χ1) is 26.3. The summed E-state index contributed by atoms with van der Waals surface area (Å²) in [7, 11) is 0. The standard InChI is InChI=1S/C50H49NO2/c1-3-15-32(16-4-1)33-29-30-41-46(31-33)53-45-28-14-22-36(48(45)49(41)47-39-20-8-11-26-43(39)52-44-27-12-9-21-40(44)47)38-24-13-23-37-35-19-7-10-25-42(35)51(50(37)38)34-17-5-2-6-18-34/h1-8,10-11,13-15,17-20,22-30,32-33,37,39-41,43,45-50H,9,12,16,21,31H2. The minimum Gasteiger partial charge on any atom is -0.490 e. The number of ether oxygens (including phenoxy) is 2. The third kappa shape index (κ3) is 5.18. The molecule has 0 spiro atoms. The maximum Gasteiger partial charge on any atom is 0.123 e. The molecule has 9 aliphatic rings. The van der Waals surface area contributed by atoms with E-state index in [9.17, 15) is 0 Å². The lowest BCUT2D eigenvalue weighted by molar-refractivity contribution is -0.151. The van der Waals surface area contributed by atoms with Gasteiger partial charge in [0.05, 0.1) is 24.0 Å². The molecular formula is C50H49NO2. The van der Waals surface area contributed by atoms with Gasteiger partial charge in [-0.2, -0.15) is 0 Å². The molecule has 3 nitrogen and oxygen atoms in total. The Labute approximate surface area is 314 Å². The number of allylic oxidation sites excluding steroid dienone is 13. The van der Waals surface area contributed by atoms with Crippen LogP contribution in [-0.2, 0) is 9.47 Å². The fourth-order valence-corrected chi connectivity index (χ4v) is 12.1. The summed E-state index contributed by atoms with van der Waals surface area (Å²) in [5, 5.41) is 0. The van der Waals surface area contributed by atoms with Gasteiger partial charge < -0.3 is 14.4 Å². The minimum absolute atomic E-state index is 0.0369. The zero-order chi connectivity index (χ0) is 34.9. The van der Waals surface area contributed by atoms with Crippen molar-refractivity contribution in [2.45, 2.75) is 62.4 Å². The van der Waals surface area contributed by atoms with E-state index in [1.54, 1.807) is 0 Å². The second-order valence-electron chi connectivity index (χ2n) is 16.7. The molecular weight excluding hydrogens is 647 g/mol. The van der Waals surface area contributed by atoms with Crippen molar-refractivity contribution >= 4 is 11.4 Å². The Hall–Kier alpha value is -4.60. The van der Waals surface area contributed by atoms with Gasteiger partial charge in [0.1, 0.15) is 6.10 Å². The van der Waals surface area contributed by atoms with E-state index in [1.807, 2.05) is 0 Å². The molecule has 11 rings (SSSR count). The molecule has 0 saturated carbocycles. The number of fused-ring (bicyclic) bond motifs is 7. The molecule has 6 aliphatic carbocycles. The monoisotopic (exact) mass is 695 g/mol. The highest BCUT2D eigenvalue weighted by Gasteiger charge is 2.57. The molecule has 0 N–H and O–H groups in total. The van der Waals surface area contributed by atoms with Gasteiger partial charge in [0.25, 0.3) is 0 Å². The van der Waals surface area contributed by atoms with Crippen molar-refractivity contribution < 1.29 is 9.47 Å². The Morgan fingerprint density at radius 1 is 0.660 bits per heavy atom. The van der Waals surface area contributed by atoms with Gasteiger partial charge in [0, 0.05) is 41.0 Å². The minimum atomic E-state index is 0.0369. The van der Waals surface area contributed by atoms with E-state index >= 15 is 0 Å². The fraction of sp³-hybridized carbons (Fsp3) is 0.360. The zero-order valence-electron chi connectivity index (χ0n) is 30.3. The first-order valence-corrected chi connectivity index (χ1v) is 20.4. The summed E-state index contributed by atoms with van der Waals surface area (Å²) < 4.78 is 14.3. The highest BCUT2D eigenvalue weighted by atomic mass is 16.5. The molecule has 3 aliphatic heterocycles. The van der Waals surface area contributed by atoms with E-state index in [1.165, 1.54) is 46.7 Å². The van der Waals surface area contributed by atoms with Crippen LogP contribution in [-0.4, -0.2) is 24.4 Å². The number of anilines is 2. The maximum absolute atomic E-state index is 7.46. The first kappa shape index (κ1) is 31.9. The summed E-state index contributed by atoms with van der Waals surface area (Å²) in [4.78, 5) is 2.63. The van der Waals surface area contributed by atoms with Crippen LogP contribution in [0.15, 0.2) is 175 Å². The number of hydrogen-bond acceptors (Lipinski definition) is 3. The lowest BCUT2D eigenvalue weighted by atomic mass is 9.53. The summed E-state index contributed by atoms with van der Waals surface area (Å²) in [5.41, 5.74) is 6.92. The van der Waals surface area contributed by atoms with Gasteiger partial charge in [0.2, 0.25) is 0 Å². The van der Waals surface area contributed by atoms with Crippen LogP contribution < -0.4 is 4.90 Å². The largest absolute Gasteiger partial charge is 0.490 e. The lowest BCUT2D eigenvalue weighted by Crippen LogP contribution is -2.57. The SMILES string of the molecule is C1=CCC(C2C=CC3C(C2)OC2C=CC=C(C4=CC=CC5c6ccccc6N(c6ccccc6)C45)C2C3C2C3CCCC=C3OC3C=CC=CC32)C=C1. The third-order valence-corrected chi connectivity index (χ3v) is 14.2. The van der Waals surface area contributed by atoms with Crippen molar-refractivity contribution in [3.8, 4) is 0 Å². The van der Waals surface area contributed by atoms with Gasteiger partial charge in [0.15, 0.2) is 0 Å². The summed E-state index contributed by atoms with van der Waals surface area (Å²) >= 11 is 0.